The molecule has 10 heteroatoms. The maximum Gasteiger partial charge on any atom is 0.410 e. The number of hydrogen-bond donors (Lipinski definition) is 4. The Bertz CT molecular complexity index is 1090. The molecule has 0 aliphatic carbocycles. The third-order valence-corrected chi connectivity index (χ3v) is 5.14. The molecule has 0 aromatic heterocycles. The molecule has 1 heterocycles. The number of nitrogens with zero attached hydrogens (tertiary/aromatic N) is 3. The summed E-state index contributed by atoms with van der Waals surface area (Å²) in [5.41, 5.74) is 1.57. The van der Waals surface area contributed by atoms with Crippen LogP contribution in [-0.2, 0) is 9.53 Å². The number of unbranched alkanes of at least 4 members (excludes halogenated alkanes) is 1. The number of ether oxygens (including phenoxy) is 1. The molecular formula is C26H35N7O3. The van der Waals surface area contributed by atoms with E-state index in [0.29, 0.717) is 30.9 Å². The summed E-state index contributed by atoms with van der Waals surface area (Å²) in [6.07, 6.45) is 2.21. The molecule has 2 amide bonds. The maximum absolute atomic E-state index is 12.4. The van der Waals surface area contributed by atoms with Gasteiger partial charge in [-0.3, -0.25) is 15.0 Å². The molecule has 2 rings (SSSR count). The molecule has 4 N–H and O–H groups in total. The number of anilines is 1. The minimum Gasteiger partial charge on any atom is -0.444 e. The zero-order valence-electron chi connectivity index (χ0n) is 21.7. The van der Waals surface area contributed by atoms with E-state index in [2.05, 4.69) is 44.2 Å². The lowest BCUT2D eigenvalue weighted by atomic mass is 10.2. The number of carbonyl (C=O) groups excluding carboxylic acids is 2. The molecule has 0 saturated carbocycles. The lowest BCUT2D eigenvalue weighted by Gasteiger charge is -2.28. The van der Waals surface area contributed by atoms with Crippen molar-refractivity contribution in [3.63, 3.8) is 0 Å². The normalized spacial score (nSPS) is 15.5. The second-order valence-electron chi connectivity index (χ2n) is 9.21. The van der Waals surface area contributed by atoms with Gasteiger partial charge in [-0.15, -0.1) is 0 Å². The Morgan fingerprint density at radius 3 is 2.58 bits per heavy atom. The van der Waals surface area contributed by atoms with Crippen molar-refractivity contribution in [1.29, 1.82) is 5.26 Å². The van der Waals surface area contributed by atoms with Crippen LogP contribution in [0, 0.1) is 23.2 Å². The highest BCUT2D eigenvalue weighted by Crippen LogP contribution is 2.12. The van der Waals surface area contributed by atoms with Gasteiger partial charge >= 0.3 is 6.09 Å². The Hall–Kier alpha value is -4.02. The number of nitriles is 1. The molecule has 36 heavy (non-hydrogen) atoms. The Morgan fingerprint density at radius 1 is 1.28 bits per heavy atom. The first kappa shape index (κ1) is 28.2. The van der Waals surface area contributed by atoms with Crippen molar-refractivity contribution < 1.29 is 14.3 Å². The number of aliphatic imine (C=N–C) groups is 1. The molecule has 1 aromatic rings. The first-order valence-electron chi connectivity index (χ1n) is 11.8. The first-order chi connectivity index (χ1) is 17.0. The van der Waals surface area contributed by atoms with Gasteiger partial charge in [-0.25, -0.2) is 9.79 Å². The molecule has 1 aliphatic rings. The van der Waals surface area contributed by atoms with Crippen molar-refractivity contribution in [3.05, 3.63) is 41.6 Å². The van der Waals surface area contributed by atoms with Crippen molar-refractivity contribution >= 4 is 23.6 Å². The van der Waals surface area contributed by atoms with Crippen LogP contribution in [0.1, 0.15) is 46.1 Å². The largest absolute Gasteiger partial charge is 0.444 e. The van der Waals surface area contributed by atoms with Gasteiger partial charge in [0.2, 0.25) is 11.9 Å². The van der Waals surface area contributed by atoms with Crippen molar-refractivity contribution in [2.45, 2.75) is 58.3 Å². The number of guanidine groups is 1. The molecule has 192 valence electrons. The van der Waals surface area contributed by atoms with Gasteiger partial charge < -0.3 is 20.7 Å². The molecule has 0 saturated heterocycles. The van der Waals surface area contributed by atoms with E-state index < -0.39 is 17.7 Å². The van der Waals surface area contributed by atoms with Gasteiger partial charge in [0, 0.05) is 31.9 Å². The second kappa shape index (κ2) is 13.2. The van der Waals surface area contributed by atoms with Crippen LogP contribution in [0.3, 0.4) is 0 Å². The number of benzene rings is 1. The second-order valence-corrected chi connectivity index (χ2v) is 9.21. The maximum atomic E-state index is 12.4. The number of rotatable bonds is 7. The Kier molecular flexibility index (Phi) is 10.3. The van der Waals surface area contributed by atoms with Gasteiger partial charge in [0.15, 0.2) is 0 Å². The van der Waals surface area contributed by atoms with Crippen LogP contribution in [0.15, 0.2) is 41.0 Å². The van der Waals surface area contributed by atoms with Crippen LogP contribution < -0.4 is 21.3 Å². The van der Waals surface area contributed by atoms with Crippen molar-refractivity contribution in [3.8, 4) is 17.9 Å². The molecule has 0 radical (unpaired) electrons. The summed E-state index contributed by atoms with van der Waals surface area (Å²) in [5.74, 6) is 6.55. The third-order valence-electron chi connectivity index (χ3n) is 5.14. The smallest absolute Gasteiger partial charge is 0.410 e. The zero-order chi connectivity index (χ0) is 26.7. The lowest BCUT2D eigenvalue weighted by Crippen LogP contribution is -2.49. The van der Waals surface area contributed by atoms with Gasteiger partial charge in [-0.1, -0.05) is 11.8 Å². The molecular weight excluding hydrogens is 458 g/mol. The highest BCUT2D eigenvalue weighted by Gasteiger charge is 2.26. The molecule has 1 aromatic carbocycles. The fourth-order valence-corrected chi connectivity index (χ4v) is 2.99. The van der Waals surface area contributed by atoms with E-state index in [1.54, 1.807) is 53.1 Å². The summed E-state index contributed by atoms with van der Waals surface area (Å²) in [7, 11) is 3.37. The molecule has 10 nitrogen and oxygen atoms in total. The van der Waals surface area contributed by atoms with E-state index in [1.165, 1.54) is 4.90 Å². The summed E-state index contributed by atoms with van der Waals surface area (Å²) in [4.78, 5) is 30.1. The average Bonchev–Trinajstić information content (AvgIpc) is 2.84. The van der Waals surface area contributed by atoms with Crippen LogP contribution in [-0.4, -0.2) is 61.3 Å². The highest BCUT2D eigenvalue weighted by atomic mass is 16.6. The van der Waals surface area contributed by atoms with Gasteiger partial charge in [0.05, 0.1) is 17.2 Å². The van der Waals surface area contributed by atoms with Crippen molar-refractivity contribution in [2.24, 2.45) is 4.99 Å². The van der Waals surface area contributed by atoms with E-state index in [0.717, 1.165) is 11.3 Å². The summed E-state index contributed by atoms with van der Waals surface area (Å²) < 4.78 is 5.30. The molecule has 0 bridgehead atoms. The van der Waals surface area contributed by atoms with E-state index in [-0.39, 0.29) is 12.1 Å². The van der Waals surface area contributed by atoms with Crippen LogP contribution in [0.25, 0.3) is 0 Å². The quantitative estimate of drug-likeness (QED) is 0.339. The van der Waals surface area contributed by atoms with E-state index in [4.69, 9.17) is 10.00 Å². The summed E-state index contributed by atoms with van der Waals surface area (Å²) in [6, 6.07) is 8.53. The SMILES string of the molecule is CNC1NC(Nc2ccc(C#N)cc2)=NC=C1C#CCCCNC(=O)[C@H](C)N(C)C(=O)OC(C)(C)C. The van der Waals surface area contributed by atoms with Crippen LogP contribution >= 0.6 is 0 Å². The summed E-state index contributed by atoms with van der Waals surface area (Å²) in [5, 5.41) is 21.3. The summed E-state index contributed by atoms with van der Waals surface area (Å²) in [6.45, 7) is 7.45. The molecule has 2 atom stereocenters. The molecule has 0 spiro atoms. The van der Waals surface area contributed by atoms with E-state index in [9.17, 15) is 9.59 Å². The fraction of sp³-hybridized carbons (Fsp3) is 0.462. The third kappa shape index (κ3) is 8.97. The minimum atomic E-state index is -0.647. The Balaban J connectivity index is 1.81. The predicted molar refractivity (Wildman–Crippen MR) is 140 cm³/mol. The first-order valence-corrected chi connectivity index (χ1v) is 11.8. The van der Waals surface area contributed by atoms with Crippen molar-refractivity contribution in [2.75, 3.05) is 26.0 Å². The highest BCUT2D eigenvalue weighted by molar-refractivity contribution is 5.95. The zero-order valence-corrected chi connectivity index (χ0v) is 21.7. The molecule has 1 aliphatic heterocycles. The minimum absolute atomic E-state index is 0.208. The number of nitrogens with one attached hydrogen (secondary N) is 4. The van der Waals surface area contributed by atoms with E-state index >= 15 is 0 Å². The topological polar surface area (TPSA) is 131 Å². The number of likely N-dealkylation sites (N-methyl/N-ethyl adjacent to an activating group) is 2. The number of amides is 2. The lowest BCUT2D eigenvalue weighted by molar-refractivity contribution is -0.125. The van der Waals surface area contributed by atoms with Gasteiger partial charge in [-0.2, -0.15) is 5.26 Å². The summed E-state index contributed by atoms with van der Waals surface area (Å²) >= 11 is 0. The van der Waals surface area contributed by atoms with Gasteiger partial charge in [0.1, 0.15) is 17.8 Å². The molecule has 0 fully saturated rings. The van der Waals surface area contributed by atoms with Crippen molar-refractivity contribution in [1.82, 2.24) is 20.9 Å². The van der Waals surface area contributed by atoms with Crippen LogP contribution in [0.2, 0.25) is 0 Å². The number of hydrogen-bond acceptors (Lipinski definition) is 8. The Labute approximate surface area is 213 Å². The monoisotopic (exact) mass is 493 g/mol. The average molecular weight is 494 g/mol. The molecule has 1 unspecified atom stereocenters. The fourth-order valence-electron chi connectivity index (χ4n) is 2.99. The standard InChI is InChI=1S/C26H35N7O3/c1-18(33(6)25(35)36-26(2,3)4)23(34)29-15-9-7-8-10-20-17-30-24(32-22(20)28-5)31-21-13-11-19(16-27)12-14-21/h11-14,17-18,22,28H,7,9,15H2,1-6H3,(H,29,34)(H2,30,31,32)/t18-,22?/m0/s1. The number of carbonyl (C=O) groups is 2. The van der Waals surface area contributed by atoms with Crippen LogP contribution in [0.5, 0.6) is 0 Å². The van der Waals surface area contributed by atoms with E-state index in [1.807, 2.05) is 19.2 Å². The Morgan fingerprint density at radius 2 is 1.97 bits per heavy atom. The predicted octanol–water partition coefficient (Wildman–Crippen LogP) is 2.51. The van der Waals surface area contributed by atoms with Gasteiger partial charge in [-0.05, 0) is 65.4 Å². The van der Waals surface area contributed by atoms with Crippen LogP contribution in [0.4, 0.5) is 10.5 Å². The van der Waals surface area contributed by atoms with Gasteiger partial charge in [0.25, 0.3) is 0 Å².